The molecule has 0 amide bonds. The van der Waals surface area contributed by atoms with Gasteiger partial charge in [-0.15, -0.1) is 0 Å². The Labute approximate surface area is 114 Å². The third-order valence-electron chi connectivity index (χ3n) is 2.66. The minimum atomic E-state index is -0.906. The number of ether oxygens (including phenoxy) is 1. The van der Waals surface area contributed by atoms with E-state index in [0.717, 1.165) is 0 Å². The van der Waals surface area contributed by atoms with Crippen LogP contribution in [0.3, 0.4) is 0 Å². The van der Waals surface area contributed by atoms with Gasteiger partial charge in [-0.3, -0.25) is 0 Å². The van der Waals surface area contributed by atoms with Crippen molar-refractivity contribution in [2.24, 2.45) is 0 Å². The van der Waals surface area contributed by atoms with Crippen LogP contribution in [0.25, 0.3) is 0 Å². The maximum Gasteiger partial charge on any atom is 0.216 e. The smallest absolute Gasteiger partial charge is 0.216 e. The molecule has 2 rings (SSSR count). The summed E-state index contributed by atoms with van der Waals surface area (Å²) in [5.74, 6) is -0.152. The van der Waals surface area contributed by atoms with Gasteiger partial charge < -0.3 is 9.84 Å². The lowest BCUT2D eigenvalue weighted by Gasteiger charge is -2.12. The molecule has 100 valence electrons. The first-order valence-corrected chi connectivity index (χ1v) is 5.96. The van der Waals surface area contributed by atoms with Gasteiger partial charge in [-0.05, 0) is 11.6 Å². The molecule has 19 heavy (non-hydrogen) atoms. The molecule has 0 radical (unpaired) electrons. The van der Waals surface area contributed by atoms with Gasteiger partial charge in [-0.25, -0.2) is 14.4 Å². The SMILES string of the molecule is COc1cc(C(O)Cc2cccc(F)c2Cl)ncn1. The second kappa shape index (κ2) is 5.95. The zero-order valence-corrected chi connectivity index (χ0v) is 10.9. The number of nitrogens with zero attached hydrogens (tertiary/aromatic N) is 2. The van der Waals surface area contributed by atoms with Gasteiger partial charge in [0, 0.05) is 12.5 Å². The summed E-state index contributed by atoms with van der Waals surface area (Å²) >= 11 is 5.84. The summed E-state index contributed by atoms with van der Waals surface area (Å²) in [6.07, 6.45) is 0.553. The van der Waals surface area contributed by atoms with Gasteiger partial charge in [0.15, 0.2) is 0 Å². The summed E-state index contributed by atoms with van der Waals surface area (Å²) < 4.78 is 18.2. The van der Waals surface area contributed by atoms with Crippen LogP contribution in [0.15, 0.2) is 30.6 Å². The number of hydrogen-bond acceptors (Lipinski definition) is 4. The lowest BCUT2D eigenvalue weighted by atomic mass is 10.1. The summed E-state index contributed by atoms with van der Waals surface area (Å²) in [5, 5.41) is 10.1. The first kappa shape index (κ1) is 13.7. The third-order valence-corrected chi connectivity index (χ3v) is 3.08. The average molecular weight is 283 g/mol. The highest BCUT2D eigenvalue weighted by Crippen LogP contribution is 2.25. The molecule has 0 spiro atoms. The zero-order valence-electron chi connectivity index (χ0n) is 10.2. The Morgan fingerprint density at radius 2 is 2.21 bits per heavy atom. The highest BCUT2D eigenvalue weighted by Gasteiger charge is 2.15. The monoisotopic (exact) mass is 282 g/mol. The number of aliphatic hydroxyl groups is 1. The van der Waals surface area contributed by atoms with E-state index in [2.05, 4.69) is 9.97 Å². The van der Waals surface area contributed by atoms with Crippen molar-refractivity contribution < 1.29 is 14.2 Å². The van der Waals surface area contributed by atoms with E-state index in [1.165, 1.54) is 25.6 Å². The van der Waals surface area contributed by atoms with Crippen LogP contribution in [-0.2, 0) is 6.42 Å². The topological polar surface area (TPSA) is 55.2 Å². The molecule has 0 aliphatic heterocycles. The van der Waals surface area contributed by atoms with Gasteiger partial charge in [0.05, 0.1) is 17.8 Å². The molecule has 6 heteroatoms. The predicted molar refractivity (Wildman–Crippen MR) is 68.7 cm³/mol. The second-order valence-electron chi connectivity index (χ2n) is 3.92. The number of methoxy groups -OCH3 is 1. The third kappa shape index (κ3) is 3.19. The van der Waals surface area contributed by atoms with Crippen LogP contribution < -0.4 is 4.74 Å². The molecule has 1 aromatic carbocycles. The van der Waals surface area contributed by atoms with E-state index < -0.39 is 11.9 Å². The number of hydrogen-bond donors (Lipinski definition) is 1. The summed E-state index contributed by atoms with van der Waals surface area (Å²) in [4.78, 5) is 7.81. The van der Waals surface area contributed by atoms with Crippen molar-refractivity contribution in [1.82, 2.24) is 9.97 Å². The van der Waals surface area contributed by atoms with E-state index in [0.29, 0.717) is 17.1 Å². The molecule has 0 aliphatic carbocycles. The minimum absolute atomic E-state index is 0.0163. The Morgan fingerprint density at radius 1 is 1.42 bits per heavy atom. The summed E-state index contributed by atoms with van der Waals surface area (Å²) in [5.41, 5.74) is 0.916. The average Bonchev–Trinajstić information content (AvgIpc) is 2.44. The molecule has 1 N–H and O–H groups in total. The van der Waals surface area contributed by atoms with Gasteiger partial charge >= 0.3 is 0 Å². The van der Waals surface area contributed by atoms with Crippen LogP contribution in [0.5, 0.6) is 5.88 Å². The summed E-state index contributed by atoms with van der Waals surface area (Å²) in [6.45, 7) is 0. The molecule has 1 unspecified atom stereocenters. The highest BCUT2D eigenvalue weighted by atomic mass is 35.5. The molecule has 0 bridgehead atoms. The van der Waals surface area contributed by atoms with E-state index >= 15 is 0 Å². The van der Waals surface area contributed by atoms with E-state index in [4.69, 9.17) is 16.3 Å². The van der Waals surface area contributed by atoms with Gasteiger partial charge in [0.2, 0.25) is 5.88 Å². The second-order valence-corrected chi connectivity index (χ2v) is 4.30. The van der Waals surface area contributed by atoms with E-state index in [-0.39, 0.29) is 11.4 Å². The van der Waals surface area contributed by atoms with Gasteiger partial charge in [-0.1, -0.05) is 23.7 Å². The van der Waals surface area contributed by atoms with Crippen molar-refractivity contribution in [1.29, 1.82) is 0 Å². The normalized spacial score (nSPS) is 12.2. The highest BCUT2D eigenvalue weighted by molar-refractivity contribution is 6.31. The molecule has 1 heterocycles. The number of benzene rings is 1. The van der Waals surface area contributed by atoms with Crippen LogP contribution in [0.4, 0.5) is 4.39 Å². The summed E-state index contributed by atoms with van der Waals surface area (Å²) in [7, 11) is 1.47. The van der Waals surface area contributed by atoms with Gasteiger partial charge in [0.1, 0.15) is 18.2 Å². The fourth-order valence-electron chi connectivity index (χ4n) is 1.67. The van der Waals surface area contributed by atoms with Crippen LogP contribution in [0.1, 0.15) is 17.4 Å². The first-order chi connectivity index (χ1) is 9.11. The van der Waals surface area contributed by atoms with E-state index in [9.17, 15) is 9.50 Å². The van der Waals surface area contributed by atoms with Crippen molar-refractivity contribution in [2.45, 2.75) is 12.5 Å². The zero-order chi connectivity index (χ0) is 13.8. The van der Waals surface area contributed by atoms with E-state index in [1.54, 1.807) is 12.1 Å². The van der Waals surface area contributed by atoms with Crippen molar-refractivity contribution >= 4 is 11.6 Å². The van der Waals surface area contributed by atoms with Gasteiger partial charge in [-0.2, -0.15) is 0 Å². The number of halogens is 2. The standard InChI is InChI=1S/C13H12ClFN2O2/c1-19-12-6-10(16-7-17-12)11(18)5-8-3-2-4-9(15)13(8)14/h2-4,6-7,11,18H,5H2,1H3. The molecule has 0 saturated carbocycles. The molecular weight excluding hydrogens is 271 g/mol. The van der Waals surface area contributed by atoms with Crippen molar-refractivity contribution in [2.75, 3.05) is 7.11 Å². The molecule has 2 aromatic rings. The maximum absolute atomic E-state index is 13.3. The maximum atomic E-state index is 13.3. The Balaban J connectivity index is 2.20. The number of aliphatic hydroxyl groups excluding tert-OH is 1. The Morgan fingerprint density at radius 3 is 2.95 bits per heavy atom. The van der Waals surface area contributed by atoms with Crippen LogP contribution >= 0.6 is 11.6 Å². The number of aromatic nitrogens is 2. The quantitative estimate of drug-likeness (QED) is 0.936. The lowest BCUT2D eigenvalue weighted by molar-refractivity contribution is 0.172. The van der Waals surface area contributed by atoms with Crippen LogP contribution in [-0.4, -0.2) is 22.2 Å². The first-order valence-electron chi connectivity index (χ1n) is 5.58. The Kier molecular flexibility index (Phi) is 4.29. The van der Waals surface area contributed by atoms with E-state index in [1.807, 2.05) is 0 Å². The molecule has 0 fully saturated rings. The Hall–Kier alpha value is -1.72. The Bertz CT molecular complexity index is 580. The van der Waals surface area contributed by atoms with Crippen LogP contribution in [0, 0.1) is 5.82 Å². The molecule has 0 saturated heterocycles. The van der Waals surface area contributed by atoms with Gasteiger partial charge in [0.25, 0.3) is 0 Å². The minimum Gasteiger partial charge on any atom is -0.481 e. The molecule has 1 atom stereocenters. The van der Waals surface area contributed by atoms with Crippen molar-refractivity contribution in [3.63, 3.8) is 0 Å². The molecule has 4 nitrogen and oxygen atoms in total. The largest absolute Gasteiger partial charge is 0.481 e. The molecule has 0 aliphatic rings. The number of rotatable bonds is 4. The summed E-state index contributed by atoms with van der Waals surface area (Å²) in [6, 6.07) is 6.00. The fraction of sp³-hybridized carbons (Fsp3) is 0.231. The fourth-order valence-corrected chi connectivity index (χ4v) is 1.87. The van der Waals surface area contributed by atoms with Crippen LogP contribution in [0.2, 0.25) is 5.02 Å². The van der Waals surface area contributed by atoms with Crippen molar-refractivity contribution in [3.05, 3.63) is 52.7 Å². The molecule has 1 aromatic heterocycles. The predicted octanol–water partition coefficient (Wildman–Crippen LogP) is 2.55. The molecular formula is C13H12ClFN2O2. The lowest BCUT2D eigenvalue weighted by Crippen LogP contribution is -2.06. The van der Waals surface area contributed by atoms with Crippen molar-refractivity contribution in [3.8, 4) is 5.88 Å².